The van der Waals surface area contributed by atoms with Gasteiger partial charge in [-0.3, -0.25) is 9.59 Å². The number of hydrogen-bond acceptors (Lipinski definition) is 3. The van der Waals surface area contributed by atoms with Crippen molar-refractivity contribution in [2.45, 2.75) is 25.8 Å². The molecule has 28 heavy (non-hydrogen) atoms. The normalized spacial score (nSPS) is 15.8. The summed E-state index contributed by atoms with van der Waals surface area (Å²) in [6.45, 7) is 1.91. The molecule has 3 N–H and O–H groups in total. The monoisotopic (exact) mass is 400 g/mol. The zero-order valence-corrected chi connectivity index (χ0v) is 16.1. The number of nitrogens with one attached hydrogen (secondary N) is 3. The van der Waals surface area contributed by atoms with Crippen molar-refractivity contribution < 1.29 is 14.4 Å². The Bertz CT molecular complexity index is 903. The highest BCUT2D eigenvalue weighted by molar-refractivity contribution is 6.30. The van der Waals surface area contributed by atoms with E-state index in [2.05, 4.69) is 16.0 Å². The van der Waals surface area contributed by atoms with Crippen LogP contribution in [-0.2, 0) is 9.59 Å². The summed E-state index contributed by atoms with van der Waals surface area (Å²) in [7, 11) is 0. The first-order valence-electron chi connectivity index (χ1n) is 8.94. The Labute approximate surface area is 168 Å². The summed E-state index contributed by atoms with van der Waals surface area (Å²) in [5.41, 5.74) is 1.72. The molecule has 3 rings (SSSR count). The molecule has 0 bridgehead atoms. The molecule has 1 unspecified atom stereocenters. The van der Waals surface area contributed by atoms with Crippen LogP contribution in [0, 0.1) is 0 Å². The fraction of sp³-hybridized carbons (Fsp3) is 0.250. The van der Waals surface area contributed by atoms with Crippen molar-refractivity contribution in [3.63, 3.8) is 0 Å². The van der Waals surface area contributed by atoms with E-state index in [4.69, 9.17) is 11.6 Å². The number of nitrogens with zero attached hydrogens (tertiary/aromatic N) is 1. The highest BCUT2D eigenvalue weighted by atomic mass is 35.5. The molecule has 1 aliphatic rings. The van der Waals surface area contributed by atoms with E-state index < -0.39 is 6.04 Å². The Hall–Kier alpha value is -3.06. The minimum Gasteiger partial charge on any atom is -0.326 e. The van der Waals surface area contributed by atoms with Crippen molar-refractivity contribution in [3.8, 4) is 0 Å². The Kier molecular flexibility index (Phi) is 6.16. The van der Waals surface area contributed by atoms with E-state index in [1.165, 1.54) is 11.8 Å². The second-order valence-corrected chi connectivity index (χ2v) is 6.98. The number of halogens is 1. The maximum Gasteiger partial charge on any atom is 0.322 e. The van der Waals surface area contributed by atoms with Crippen LogP contribution in [0.1, 0.15) is 19.8 Å². The molecule has 1 heterocycles. The zero-order valence-electron chi connectivity index (χ0n) is 15.4. The number of likely N-dealkylation sites (tertiary alicyclic amines) is 1. The first-order valence-corrected chi connectivity index (χ1v) is 9.32. The molecular formula is C20H21ClN4O3. The number of hydrogen-bond donors (Lipinski definition) is 3. The molecule has 1 saturated heterocycles. The third kappa shape index (κ3) is 5.01. The number of anilines is 3. The molecule has 146 valence electrons. The number of urea groups is 1. The van der Waals surface area contributed by atoms with E-state index in [0.29, 0.717) is 35.1 Å². The van der Waals surface area contributed by atoms with Gasteiger partial charge in [-0.2, -0.15) is 0 Å². The molecule has 2 aromatic carbocycles. The summed E-state index contributed by atoms with van der Waals surface area (Å²) in [5.74, 6) is -0.457. The molecule has 1 atom stereocenters. The second kappa shape index (κ2) is 8.75. The van der Waals surface area contributed by atoms with Gasteiger partial charge < -0.3 is 20.9 Å². The summed E-state index contributed by atoms with van der Waals surface area (Å²) in [6, 6.07) is 12.8. The molecule has 1 fully saturated rings. The van der Waals surface area contributed by atoms with Crippen LogP contribution in [0.15, 0.2) is 48.5 Å². The van der Waals surface area contributed by atoms with Gasteiger partial charge >= 0.3 is 6.03 Å². The van der Waals surface area contributed by atoms with Gasteiger partial charge in [-0.1, -0.05) is 23.7 Å². The lowest BCUT2D eigenvalue weighted by molar-refractivity contribution is -0.119. The lowest BCUT2D eigenvalue weighted by atomic mass is 10.2. The second-order valence-electron chi connectivity index (χ2n) is 6.54. The van der Waals surface area contributed by atoms with Crippen molar-refractivity contribution >= 4 is 46.5 Å². The maximum absolute atomic E-state index is 12.7. The third-order valence-corrected chi connectivity index (χ3v) is 4.58. The van der Waals surface area contributed by atoms with Gasteiger partial charge in [0.1, 0.15) is 6.04 Å². The Balaban J connectivity index is 1.66. The highest BCUT2D eigenvalue weighted by Gasteiger charge is 2.34. The fourth-order valence-electron chi connectivity index (χ4n) is 3.15. The van der Waals surface area contributed by atoms with Gasteiger partial charge in [0.05, 0.1) is 0 Å². The first-order chi connectivity index (χ1) is 13.4. The van der Waals surface area contributed by atoms with Crippen molar-refractivity contribution in [2.75, 3.05) is 22.5 Å². The summed E-state index contributed by atoms with van der Waals surface area (Å²) in [6.07, 6.45) is 1.33. The van der Waals surface area contributed by atoms with Gasteiger partial charge in [0.2, 0.25) is 11.8 Å². The molecule has 0 aromatic heterocycles. The lowest BCUT2D eigenvalue weighted by Gasteiger charge is -2.24. The minimum absolute atomic E-state index is 0.192. The molecule has 0 saturated carbocycles. The number of amides is 4. The van der Waals surface area contributed by atoms with Gasteiger partial charge in [-0.15, -0.1) is 0 Å². The average Bonchev–Trinajstić information content (AvgIpc) is 3.11. The van der Waals surface area contributed by atoms with Crippen LogP contribution >= 0.6 is 11.6 Å². The van der Waals surface area contributed by atoms with Gasteiger partial charge in [-0.25, -0.2) is 4.79 Å². The minimum atomic E-state index is -0.566. The van der Waals surface area contributed by atoms with Gasteiger partial charge in [0, 0.05) is 35.6 Å². The van der Waals surface area contributed by atoms with Crippen molar-refractivity contribution in [2.24, 2.45) is 0 Å². The van der Waals surface area contributed by atoms with E-state index >= 15 is 0 Å². The van der Waals surface area contributed by atoms with E-state index in [-0.39, 0.29) is 17.8 Å². The summed E-state index contributed by atoms with van der Waals surface area (Å²) >= 11 is 5.95. The van der Waals surface area contributed by atoms with E-state index in [1.807, 2.05) is 0 Å². The number of rotatable bonds is 4. The third-order valence-electron chi connectivity index (χ3n) is 4.34. The van der Waals surface area contributed by atoms with Crippen molar-refractivity contribution in [3.05, 3.63) is 53.6 Å². The van der Waals surface area contributed by atoms with Crippen LogP contribution in [-0.4, -0.2) is 35.3 Å². The lowest BCUT2D eigenvalue weighted by Crippen LogP contribution is -2.45. The Morgan fingerprint density at radius 3 is 2.29 bits per heavy atom. The molecule has 0 aliphatic carbocycles. The molecule has 0 radical (unpaired) electrons. The first kappa shape index (κ1) is 19.7. The predicted octanol–water partition coefficient (Wildman–Crippen LogP) is 3.93. The van der Waals surface area contributed by atoms with Gasteiger partial charge in [0.15, 0.2) is 0 Å². The standard InChI is InChI=1S/C20H21ClN4O3/c1-13(26)22-16-7-3-8-17(12-16)23-19(27)18-9-4-10-25(18)20(28)24-15-6-2-5-14(21)11-15/h2-3,5-8,11-12,18H,4,9-10H2,1H3,(H,22,26)(H,23,27)(H,24,28). The van der Waals surface area contributed by atoms with Gasteiger partial charge in [0.25, 0.3) is 0 Å². The number of benzene rings is 2. The summed E-state index contributed by atoms with van der Waals surface area (Å²) < 4.78 is 0. The van der Waals surface area contributed by atoms with Crippen LogP contribution in [0.25, 0.3) is 0 Å². The Morgan fingerprint density at radius 1 is 0.964 bits per heavy atom. The van der Waals surface area contributed by atoms with Crippen LogP contribution < -0.4 is 16.0 Å². The topological polar surface area (TPSA) is 90.5 Å². The molecule has 8 heteroatoms. The average molecular weight is 401 g/mol. The van der Waals surface area contributed by atoms with E-state index in [1.54, 1.807) is 48.5 Å². The molecule has 4 amide bonds. The fourth-order valence-corrected chi connectivity index (χ4v) is 3.34. The Morgan fingerprint density at radius 2 is 1.61 bits per heavy atom. The smallest absolute Gasteiger partial charge is 0.322 e. The molecule has 1 aliphatic heterocycles. The van der Waals surface area contributed by atoms with E-state index in [0.717, 1.165) is 6.42 Å². The molecule has 2 aromatic rings. The zero-order chi connectivity index (χ0) is 20.1. The van der Waals surface area contributed by atoms with Crippen LogP contribution in [0.5, 0.6) is 0 Å². The summed E-state index contributed by atoms with van der Waals surface area (Å²) in [5, 5.41) is 8.79. The van der Waals surface area contributed by atoms with Crippen LogP contribution in [0.4, 0.5) is 21.9 Å². The largest absolute Gasteiger partial charge is 0.326 e. The maximum atomic E-state index is 12.7. The van der Waals surface area contributed by atoms with Crippen molar-refractivity contribution in [1.82, 2.24) is 4.90 Å². The SMILES string of the molecule is CC(=O)Nc1cccc(NC(=O)C2CCCN2C(=O)Nc2cccc(Cl)c2)c1. The molecular weight excluding hydrogens is 380 g/mol. The van der Waals surface area contributed by atoms with E-state index in [9.17, 15) is 14.4 Å². The highest BCUT2D eigenvalue weighted by Crippen LogP contribution is 2.23. The number of carbonyl (C=O) groups is 3. The van der Waals surface area contributed by atoms with Crippen LogP contribution in [0.2, 0.25) is 5.02 Å². The molecule has 0 spiro atoms. The van der Waals surface area contributed by atoms with Crippen molar-refractivity contribution in [1.29, 1.82) is 0 Å². The summed E-state index contributed by atoms with van der Waals surface area (Å²) in [4.78, 5) is 38.1. The molecule has 7 nitrogen and oxygen atoms in total. The number of carbonyl (C=O) groups excluding carboxylic acids is 3. The van der Waals surface area contributed by atoms with Gasteiger partial charge in [-0.05, 0) is 49.2 Å². The quantitative estimate of drug-likeness (QED) is 0.726. The predicted molar refractivity (Wildman–Crippen MR) is 110 cm³/mol. The van der Waals surface area contributed by atoms with Crippen LogP contribution in [0.3, 0.4) is 0 Å².